The molecule has 0 aromatic heterocycles. The van der Waals surface area contributed by atoms with Crippen molar-refractivity contribution in [3.8, 4) is 5.75 Å². The number of carbonyl (C=O) groups is 1. The fourth-order valence-electron chi connectivity index (χ4n) is 2.87. The molecular formula is C22H20ClFN2O4S. The molecule has 3 aromatic carbocycles. The van der Waals surface area contributed by atoms with Crippen LogP contribution in [0.3, 0.4) is 0 Å². The molecule has 3 rings (SSSR count). The van der Waals surface area contributed by atoms with Gasteiger partial charge in [0.05, 0.1) is 7.11 Å². The Morgan fingerprint density at radius 2 is 1.74 bits per heavy atom. The topological polar surface area (TPSA) is 84.5 Å². The molecule has 9 heteroatoms. The molecule has 0 atom stereocenters. The van der Waals surface area contributed by atoms with E-state index in [1.807, 2.05) is 0 Å². The van der Waals surface area contributed by atoms with Gasteiger partial charge in [0.15, 0.2) is 0 Å². The maximum atomic E-state index is 13.3. The molecule has 0 radical (unpaired) electrons. The number of hydrogen-bond acceptors (Lipinski definition) is 4. The molecule has 0 aliphatic heterocycles. The maximum Gasteiger partial charge on any atom is 0.265 e. The number of sulfonamides is 1. The summed E-state index contributed by atoms with van der Waals surface area (Å²) in [5, 5.41) is 3.14. The lowest BCUT2D eigenvalue weighted by molar-refractivity contribution is -0.116. The minimum atomic E-state index is -4.00. The molecule has 0 aliphatic carbocycles. The predicted octanol–water partition coefficient (Wildman–Crippen LogP) is 4.86. The molecule has 0 unspecified atom stereocenters. The summed E-state index contributed by atoms with van der Waals surface area (Å²) in [6.07, 6.45) is 0.462. The Balaban J connectivity index is 1.74. The van der Waals surface area contributed by atoms with Crippen LogP contribution in [-0.4, -0.2) is 21.4 Å². The number of methoxy groups -OCH3 is 1. The van der Waals surface area contributed by atoms with Crippen LogP contribution < -0.4 is 14.8 Å². The van der Waals surface area contributed by atoms with Crippen LogP contribution in [0, 0.1) is 5.82 Å². The Labute approximate surface area is 185 Å². The summed E-state index contributed by atoms with van der Waals surface area (Å²) in [6.45, 7) is 0. The second-order valence-electron chi connectivity index (χ2n) is 6.66. The van der Waals surface area contributed by atoms with Crippen molar-refractivity contribution in [2.45, 2.75) is 17.7 Å². The number of benzene rings is 3. The lowest BCUT2D eigenvalue weighted by atomic mass is 10.1. The number of carbonyl (C=O) groups excluding carboxylic acids is 1. The first kappa shape index (κ1) is 22.6. The van der Waals surface area contributed by atoms with Crippen LogP contribution in [-0.2, 0) is 21.2 Å². The zero-order valence-electron chi connectivity index (χ0n) is 16.6. The van der Waals surface area contributed by atoms with E-state index in [-0.39, 0.29) is 28.8 Å². The summed E-state index contributed by atoms with van der Waals surface area (Å²) in [7, 11) is -2.64. The average molecular weight is 463 g/mol. The predicted molar refractivity (Wildman–Crippen MR) is 119 cm³/mol. The van der Waals surface area contributed by atoms with Crippen LogP contribution in [0.1, 0.15) is 12.0 Å². The van der Waals surface area contributed by atoms with Crippen LogP contribution in [0.5, 0.6) is 5.75 Å². The normalized spacial score (nSPS) is 11.1. The van der Waals surface area contributed by atoms with Crippen LogP contribution in [0.15, 0.2) is 71.6 Å². The highest BCUT2D eigenvalue weighted by atomic mass is 35.5. The molecule has 0 saturated carbocycles. The summed E-state index contributed by atoms with van der Waals surface area (Å²) in [5.41, 5.74) is 1.32. The van der Waals surface area contributed by atoms with Crippen molar-refractivity contribution >= 4 is 38.9 Å². The van der Waals surface area contributed by atoms with Crippen molar-refractivity contribution in [1.29, 1.82) is 0 Å². The first-order valence-electron chi connectivity index (χ1n) is 9.27. The van der Waals surface area contributed by atoms with Crippen LogP contribution in [0.2, 0.25) is 5.02 Å². The molecule has 0 heterocycles. The summed E-state index contributed by atoms with van der Waals surface area (Å²) in [5.74, 6) is -0.571. The molecular weight excluding hydrogens is 443 g/mol. The van der Waals surface area contributed by atoms with Crippen molar-refractivity contribution in [3.63, 3.8) is 0 Å². The Kier molecular flexibility index (Phi) is 7.14. The van der Waals surface area contributed by atoms with E-state index >= 15 is 0 Å². The Morgan fingerprint density at radius 3 is 2.42 bits per heavy atom. The number of ether oxygens (including phenoxy) is 1. The minimum Gasteiger partial charge on any atom is -0.495 e. The third kappa shape index (κ3) is 6.19. The van der Waals surface area contributed by atoms with Crippen molar-refractivity contribution in [2.24, 2.45) is 0 Å². The molecule has 0 fully saturated rings. The SMILES string of the molecule is COc1ccc(NC(=O)CCc2cccc(F)c2)cc1S(=O)(=O)Nc1ccc(Cl)cc1. The summed E-state index contributed by atoms with van der Waals surface area (Å²) in [6, 6.07) is 16.5. The highest BCUT2D eigenvalue weighted by Crippen LogP contribution is 2.29. The second-order valence-corrected chi connectivity index (χ2v) is 8.74. The van der Waals surface area contributed by atoms with Gasteiger partial charge < -0.3 is 10.1 Å². The molecule has 0 spiro atoms. The van der Waals surface area contributed by atoms with Gasteiger partial charge in [0, 0.05) is 22.8 Å². The minimum absolute atomic E-state index is 0.112. The molecule has 1 amide bonds. The number of aryl methyl sites for hydroxylation is 1. The van der Waals surface area contributed by atoms with Gasteiger partial charge in [0.1, 0.15) is 16.5 Å². The molecule has 2 N–H and O–H groups in total. The van der Waals surface area contributed by atoms with Crippen molar-refractivity contribution in [1.82, 2.24) is 0 Å². The monoisotopic (exact) mass is 462 g/mol. The number of rotatable bonds is 8. The van der Waals surface area contributed by atoms with E-state index in [0.717, 1.165) is 0 Å². The van der Waals surface area contributed by atoms with E-state index in [1.54, 1.807) is 30.3 Å². The number of halogens is 2. The Bertz CT molecular complexity index is 1180. The van der Waals surface area contributed by atoms with Gasteiger partial charge in [-0.3, -0.25) is 9.52 Å². The van der Waals surface area contributed by atoms with Crippen LogP contribution in [0.25, 0.3) is 0 Å². The lowest BCUT2D eigenvalue weighted by Gasteiger charge is -2.14. The number of anilines is 2. The molecule has 0 saturated heterocycles. The van der Waals surface area contributed by atoms with Crippen LogP contribution >= 0.6 is 11.6 Å². The zero-order valence-corrected chi connectivity index (χ0v) is 18.1. The Morgan fingerprint density at radius 1 is 1.03 bits per heavy atom. The maximum absolute atomic E-state index is 13.3. The third-order valence-electron chi connectivity index (χ3n) is 4.36. The van der Waals surface area contributed by atoms with Gasteiger partial charge in [-0.2, -0.15) is 0 Å². The van der Waals surface area contributed by atoms with E-state index in [4.69, 9.17) is 16.3 Å². The second kappa shape index (κ2) is 9.80. The van der Waals surface area contributed by atoms with Gasteiger partial charge in [-0.25, -0.2) is 12.8 Å². The lowest BCUT2D eigenvalue weighted by Crippen LogP contribution is -2.16. The summed E-state index contributed by atoms with van der Waals surface area (Å²) in [4.78, 5) is 12.2. The van der Waals surface area contributed by atoms with Gasteiger partial charge in [-0.1, -0.05) is 23.7 Å². The first-order chi connectivity index (χ1) is 14.8. The third-order valence-corrected chi connectivity index (χ3v) is 6.02. The van der Waals surface area contributed by atoms with E-state index < -0.39 is 10.0 Å². The van der Waals surface area contributed by atoms with E-state index in [9.17, 15) is 17.6 Å². The molecule has 0 aliphatic rings. The quantitative estimate of drug-likeness (QED) is 0.500. The average Bonchev–Trinajstić information content (AvgIpc) is 2.74. The fraction of sp³-hybridized carbons (Fsp3) is 0.136. The van der Waals surface area contributed by atoms with Gasteiger partial charge >= 0.3 is 0 Å². The Hall–Kier alpha value is -3.10. The van der Waals surface area contributed by atoms with Crippen molar-refractivity contribution in [3.05, 3.63) is 83.1 Å². The molecule has 6 nitrogen and oxygen atoms in total. The summed E-state index contributed by atoms with van der Waals surface area (Å²) < 4.78 is 46.6. The smallest absolute Gasteiger partial charge is 0.265 e. The largest absolute Gasteiger partial charge is 0.495 e. The zero-order chi connectivity index (χ0) is 22.4. The van der Waals surface area contributed by atoms with E-state index in [0.29, 0.717) is 28.4 Å². The highest BCUT2D eigenvalue weighted by molar-refractivity contribution is 7.92. The van der Waals surface area contributed by atoms with E-state index in [2.05, 4.69) is 10.0 Å². The molecule has 0 bridgehead atoms. The van der Waals surface area contributed by atoms with E-state index in [1.165, 1.54) is 43.5 Å². The summed E-state index contributed by atoms with van der Waals surface area (Å²) >= 11 is 5.83. The van der Waals surface area contributed by atoms with Gasteiger partial charge in [-0.05, 0) is 66.6 Å². The molecule has 3 aromatic rings. The number of hydrogen-bond donors (Lipinski definition) is 2. The number of amides is 1. The fourth-order valence-corrected chi connectivity index (χ4v) is 4.25. The first-order valence-corrected chi connectivity index (χ1v) is 11.1. The van der Waals surface area contributed by atoms with Gasteiger partial charge in [-0.15, -0.1) is 0 Å². The van der Waals surface area contributed by atoms with Crippen LogP contribution in [0.4, 0.5) is 15.8 Å². The highest BCUT2D eigenvalue weighted by Gasteiger charge is 2.21. The van der Waals surface area contributed by atoms with Crippen molar-refractivity contribution < 1.29 is 22.3 Å². The van der Waals surface area contributed by atoms with Crippen molar-refractivity contribution in [2.75, 3.05) is 17.1 Å². The molecule has 162 valence electrons. The standard InChI is InChI=1S/C22H20ClFN2O4S/c1-30-20-11-10-19(25-22(27)12-5-15-3-2-4-17(24)13-15)14-21(20)31(28,29)26-18-8-6-16(23)7-9-18/h2-4,6-11,13-14,26H,5,12H2,1H3,(H,25,27). The van der Waals surface area contributed by atoms with Gasteiger partial charge in [0.2, 0.25) is 5.91 Å². The number of nitrogens with one attached hydrogen (secondary N) is 2. The molecule has 31 heavy (non-hydrogen) atoms. The van der Waals surface area contributed by atoms with Gasteiger partial charge in [0.25, 0.3) is 10.0 Å².